The van der Waals surface area contributed by atoms with Crippen molar-refractivity contribution in [2.24, 2.45) is 5.10 Å². The molecular weight excluding hydrogens is 326 g/mol. The largest absolute Gasteiger partial charge is 0.497 e. The number of benzene rings is 1. The first-order valence-corrected chi connectivity index (χ1v) is 8.04. The van der Waals surface area contributed by atoms with Gasteiger partial charge >= 0.3 is 6.09 Å². The molecule has 8 nitrogen and oxygen atoms in total. The molecule has 2 rings (SSSR count). The SMILES string of the molecule is COC(=O)N(Cc1ccc(OC)cc1)N=C1CCCC(COC=O)N1. The van der Waals surface area contributed by atoms with E-state index in [9.17, 15) is 9.59 Å². The molecule has 1 aromatic rings. The zero-order chi connectivity index (χ0) is 18.1. The number of hydrogen-bond acceptors (Lipinski definition) is 6. The second-order valence-corrected chi connectivity index (χ2v) is 5.59. The predicted octanol–water partition coefficient (Wildman–Crippen LogP) is 1.89. The highest BCUT2D eigenvalue weighted by atomic mass is 16.5. The van der Waals surface area contributed by atoms with Crippen LogP contribution in [0.4, 0.5) is 4.79 Å². The first-order valence-electron chi connectivity index (χ1n) is 8.04. The molecule has 1 amide bonds. The number of nitrogens with one attached hydrogen (secondary N) is 1. The summed E-state index contributed by atoms with van der Waals surface area (Å²) in [7, 11) is 2.92. The number of hydrazone groups is 1. The molecule has 0 radical (unpaired) electrons. The second kappa shape index (κ2) is 9.51. The summed E-state index contributed by atoms with van der Waals surface area (Å²) in [6.07, 6.45) is 1.95. The highest BCUT2D eigenvalue weighted by Crippen LogP contribution is 2.15. The van der Waals surface area contributed by atoms with Crippen LogP contribution in [-0.4, -0.2) is 50.3 Å². The zero-order valence-electron chi connectivity index (χ0n) is 14.4. The maximum Gasteiger partial charge on any atom is 0.430 e. The fourth-order valence-electron chi connectivity index (χ4n) is 2.55. The maximum atomic E-state index is 12.0. The van der Waals surface area contributed by atoms with Crippen LogP contribution in [0.2, 0.25) is 0 Å². The van der Waals surface area contributed by atoms with Crippen molar-refractivity contribution in [1.82, 2.24) is 10.3 Å². The van der Waals surface area contributed by atoms with Gasteiger partial charge in [0.1, 0.15) is 18.2 Å². The van der Waals surface area contributed by atoms with Crippen LogP contribution in [0.25, 0.3) is 0 Å². The minimum atomic E-state index is -0.545. The number of ether oxygens (including phenoxy) is 3. The molecule has 0 aromatic heterocycles. The molecule has 25 heavy (non-hydrogen) atoms. The van der Waals surface area contributed by atoms with Crippen LogP contribution in [0.15, 0.2) is 29.4 Å². The molecule has 1 heterocycles. The average molecular weight is 349 g/mol. The van der Waals surface area contributed by atoms with Gasteiger partial charge in [-0.2, -0.15) is 10.1 Å². The summed E-state index contributed by atoms with van der Waals surface area (Å²) in [5.41, 5.74) is 0.896. The highest BCUT2D eigenvalue weighted by Gasteiger charge is 2.20. The minimum Gasteiger partial charge on any atom is -0.497 e. The van der Waals surface area contributed by atoms with Crippen molar-refractivity contribution in [1.29, 1.82) is 0 Å². The van der Waals surface area contributed by atoms with Crippen LogP contribution < -0.4 is 10.1 Å². The third-order valence-corrected chi connectivity index (χ3v) is 3.82. The van der Waals surface area contributed by atoms with E-state index >= 15 is 0 Å². The fraction of sp³-hybridized carbons (Fsp3) is 0.471. The van der Waals surface area contributed by atoms with E-state index in [1.54, 1.807) is 7.11 Å². The Bertz CT molecular complexity index is 603. The van der Waals surface area contributed by atoms with Gasteiger partial charge in [-0.05, 0) is 30.5 Å². The van der Waals surface area contributed by atoms with Crippen molar-refractivity contribution in [3.05, 3.63) is 29.8 Å². The first kappa shape index (κ1) is 18.6. The van der Waals surface area contributed by atoms with E-state index in [0.717, 1.165) is 24.2 Å². The Morgan fingerprint density at radius 1 is 1.36 bits per heavy atom. The van der Waals surface area contributed by atoms with Gasteiger partial charge < -0.3 is 19.5 Å². The van der Waals surface area contributed by atoms with E-state index in [4.69, 9.17) is 14.2 Å². The number of amides is 1. The van der Waals surface area contributed by atoms with Crippen LogP contribution in [0.5, 0.6) is 5.75 Å². The van der Waals surface area contributed by atoms with Crippen molar-refractivity contribution in [3.8, 4) is 5.75 Å². The topological polar surface area (TPSA) is 89.5 Å². The number of hydrogen-bond donors (Lipinski definition) is 1. The number of carbonyl (C=O) groups excluding carboxylic acids is 2. The van der Waals surface area contributed by atoms with Gasteiger partial charge in [-0.25, -0.2) is 4.79 Å². The molecule has 1 N–H and O–H groups in total. The normalized spacial score (nSPS) is 18.2. The summed E-state index contributed by atoms with van der Waals surface area (Å²) < 4.78 is 14.7. The molecule has 0 bridgehead atoms. The molecule has 1 saturated heterocycles. The zero-order valence-corrected chi connectivity index (χ0v) is 14.4. The number of piperidine rings is 1. The Hall–Kier alpha value is -2.77. The molecule has 0 spiro atoms. The minimum absolute atomic E-state index is 0.00168. The van der Waals surface area contributed by atoms with E-state index in [2.05, 4.69) is 10.4 Å². The van der Waals surface area contributed by atoms with Crippen molar-refractivity contribution < 1.29 is 23.8 Å². The lowest BCUT2D eigenvalue weighted by atomic mass is 10.1. The average Bonchev–Trinajstić information content (AvgIpc) is 2.66. The smallest absolute Gasteiger partial charge is 0.430 e. The summed E-state index contributed by atoms with van der Waals surface area (Å²) in [4.78, 5) is 22.4. The molecule has 0 saturated carbocycles. The standard InChI is InChI=1S/C17H23N3O5/c1-23-15-8-6-13(7-9-15)10-20(17(22)24-2)19-16-5-3-4-14(18-16)11-25-12-21/h6-9,12,14H,3-5,10-11H2,1-2H3,(H,18,19). The molecule has 8 heteroatoms. The van der Waals surface area contributed by atoms with E-state index < -0.39 is 6.09 Å². The maximum absolute atomic E-state index is 12.0. The van der Waals surface area contributed by atoms with E-state index in [-0.39, 0.29) is 19.2 Å². The summed E-state index contributed by atoms with van der Waals surface area (Å²) >= 11 is 0. The van der Waals surface area contributed by atoms with Crippen LogP contribution in [0.1, 0.15) is 24.8 Å². The van der Waals surface area contributed by atoms with Gasteiger partial charge in [-0.1, -0.05) is 12.1 Å². The fourth-order valence-corrected chi connectivity index (χ4v) is 2.55. The van der Waals surface area contributed by atoms with Gasteiger partial charge in [0.15, 0.2) is 0 Å². The lowest BCUT2D eigenvalue weighted by Gasteiger charge is -2.26. The quantitative estimate of drug-likeness (QED) is 0.597. The molecule has 1 fully saturated rings. The number of carbonyl (C=O) groups is 2. The third-order valence-electron chi connectivity index (χ3n) is 3.82. The molecule has 1 unspecified atom stereocenters. The Morgan fingerprint density at radius 3 is 2.76 bits per heavy atom. The summed E-state index contributed by atoms with van der Waals surface area (Å²) in [6.45, 7) is 0.980. The number of rotatable bonds is 7. The molecule has 1 aliphatic rings. The molecule has 1 aromatic carbocycles. The van der Waals surface area contributed by atoms with Gasteiger partial charge in [-0.15, -0.1) is 0 Å². The van der Waals surface area contributed by atoms with Crippen LogP contribution in [0.3, 0.4) is 0 Å². The molecule has 0 aliphatic carbocycles. The third kappa shape index (κ3) is 5.66. The highest BCUT2D eigenvalue weighted by molar-refractivity contribution is 5.84. The lowest BCUT2D eigenvalue weighted by Crippen LogP contribution is -2.43. The monoisotopic (exact) mass is 349 g/mol. The van der Waals surface area contributed by atoms with Gasteiger partial charge in [0, 0.05) is 6.42 Å². The molecule has 1 atom stereocenters. The molecule has 136 valence electrons. The summed E-state index contributed by atoms with van der Waals surface area (Å²) in [5, 5.41) is 8.86. The Morgan fingerprint density at radius 2 is 2.12 bits per heavy atom. The van der Waals surface area contributed by atoms with Crippen molar-refractivity contribution >= 4 is 18.4 Å². The Labute approximate surface area is 146 Å². The van der Waals surface area contributed by atoms with Gasteiger partial charge in [-0.3, -0.25) is 4.79 Å². The first-order chi connectivity index (χ1) is 12.2. The van der Waals surface area contributed by atoms with Gasteiger partial charge in [0.05, 0.1) is 26.8 Å². The van der Waals surface area contributed by atoms with Gasteiger partial charge in [0.2, 0.25) is 0 Å². The van der Waals surface area contributed by atoms with Crippen LogP contribution in [-0.2, 0) is 20.8 Å². The second-order valence-electron chi connectivity index (χ2n) is 5.59. The van der Waals surface area contributed by atoms with E-state index in [1.807, 2.05) is 24.3 Å². The van der Waals surface area contributed by atoms with E-state index in [1.165, 1.54) is 12.1 Å². The summed E-state index contributed by atoms with van der Waals surface area (Å²) in [6, 6.07) is 7.37. The van der Waals surface area contributed by atoms with Crippen molar-refractivity contribution in [2.45, 2.75) is 31.8 Å². The number of methoxy groups -OCH3 is 2. The van der Waals surface area contributed by atoms with Crippen LogP contribution >= 0.6 is 0 Å². The molecular formula is C17H23N3O5. The molecule has 1 aliphatic heterocycles. The Kier molecular flexibility index (Phi) is 7.06. The number of nitrogens with zero attached hydrogens (tertiary/aromatic N) is 2. The summed E-state index contributed by atoms with van der Waals surface area (Å²) in [5.74, 6) is 1.41. The Balaban J connectivity index is 2.07. The van der Waals surface area contributed by atoms with Gasteiger partial charge in [0.25, 0.3) is 6.47 Å². The van der Waals surface area contributed by atoms with Crippen LogP contribution in [0, 0.1) is 0 Å². The number of amidine groups is 1. The predicted molar refractivity (Wildman–Crippen MR) is 91.2 cm³/mol. The van der Waals surface area contributed by atoms with Crippen molar-refractivity contribution in [2.75, 3.05) is 20.8 Å². The van der Waals surface area contributed by atoms with E-state index in [0.29, 0.717) is 18.7 Å². The van der Waals surface area contributed by atoms with Crippen molar-refractivity contribution in [3.63, 3.8) is 0 Å². The lowest BCUT2D eigenvalue weighted by molar-refractivity contribution is -0.129.